The van der Waals surface area contributed by atoms with Gasteiger partial charge in [-0.3, -0.25) is 0 Å². The standard InChI is InChI=1S/C12H18N4/c1-5-6-10-13-14-11-8-7-9(12(2,3)4)15-16(10)11/h7-8H,5-6H2,1-4H3. The monoisotopic (exact) mass is 218 g/mol. The smallest absolute Gasteiger partial charge is 0.177 e. The SMILES string of the molecule is CCCc1nnc2ccc(C(C)(C)C)nn12. The number of fused-ring (bicyclic) bond motifs is 1. The Balaban J connectivity index is 2.54. The summed E-state index contributed by atoms with van der Waals surface area (Å²) < 4.78 is 1.87. The molecule has 2 aromatic rings. The van der Waals surface area contributed by atoms with Gasteiger partial charge in [0.1, 0.15) is 0 Å². The first-order chi connectivity index (χ1) is 7.52. The Kier molecular flexibility index (Phi) is 2.66. The molecule has 2 aromatic heterocycles. The number of rotatable bonds is 2. The Hall–Kier alpha value is -1.45. The van der Waals surface area contributed by atoms with Crippen molar-refractivity contribution in [2.75, 3.05) is 0 Å². The summed E-state index contributed by atoms with van der Waals surface area (Å²) in [5, 5.41) is 12.9. The van der Waals surface area contributed by atoms with E-state index >= 15 is 0 Å². The van der Waals surface area contributed by atoms with Gasteiger partial charge in [0.2, 0.25) is 0 Å². The van der Waals surface area contributed by atoms with E-state index in [4.69, 9.17) is 0 Å². The van der Waals surface area contributed by atoms with Gasteiger partial charge < -0.3 is 0 Å². The highest BCUT2D eigenvalue weighted by molar-refractivity contribution is 5.37. The molecular weight excluding hydrogens is 200 g/mol. The van der Waals surface area contributed by atoms with E-state index in [-0.39, 0.29) is 5.41 Å². The molecule has 0 atom stereocenters. The third kappa shape index (κ3) is 1.92. The lowest BCUT2D eigenvalue weighted by Crippen LogP contribution is -2.16. The van der Waals surface area contributed by atoms with Gasteiger partial charge in [-0.05, 0) is 18.6 Å². The van der Waals surface area contributed by atoms with Crippen LogP contribution in [-0.2, 0) is 11.8 Å². The molecule has 0 saturated carbocycles. The van der Waals surface area contributed by atoms with Crippen LogP contribution >= 0.6 is 0 Å². The third-order valence-corrected chi connectivity index (χ3v) is 2.57. The van der Waals surface area contributed by atoms with Gasteiger partial charge >= 0.3 is 0 Å². The van der Waals surface area contributed by atoms with E-state index in [9.17, 15) is 0 Å². The lowest BCUT2D eigenvalue weighted by molar-refractivity contribution is 0.550. The van der Waals surface area contributed by atoms with Crippen LogP contribution in [0.3, 0.4) is 0 Å². The fourth-order valence-corrected chi connectivity index (χ4v) is 1.61. The van der Waals surface area contributed by atoms with Crippen LogP contribution in [0.5, 0.6) is 0 Å². The van der Waals surface area contributed by atoms with E-state index in [1.54, 1.807) is 0 Å². The molecule has 4 heteroatoms. The molecule has 16 heavy (non-hydrogen) atoms. The number of hydrogen-bond acceptors (Lipinski definition) is 3. The zero-order valence-corrected chi connectivity index (χ0v) is 10.4. The highest BCUT2D eigenvalue weighted by atomic mass is 15.4. The van der Waals surface area contributed by atoms with E-state index in [1.807, 2.05) is 16.6 Å². The van der Waals surface area contributed by atoms with Crippen molar-refractivity contribution in [1.82, 2.24) is 19.8 Å². The maximum atomic E-state index is 4.62. The van der Waals surface area contributed by atoms with Crippen molar-refractivity contribution in [3.63, 3.8) is 0 Å². The minimum absolute atomic E-state index is 0.0575. The van der Waals surface area contributed by atoms with Crippen molar-refractivity contribution in [3.05, 3.63) is 23.7 Å². The number of hydrogen-bond donors (Lipinski definition) is 0. The maximum absolute atomic E-state index is 4.62. The number of nitrogens with zero attached hydrogens (tertiary/aromatic N) is 4. The van der Waals surface area contributed by atoms with Crippen molar-refractivity contribution in [2.24, 2.45) is 0 Å². The van der Waals surface area contributed by atoms with E-state index in [0.717, 1.165) is 30.0 Å². The molecule has 86 valence electrons. The summed E-state index contributed by atoms with van der Waals surface area (Å²) >= 11 is 0. The van der Waals surface area contributed by atoms with Gasteiger partial charge in [-0.1, -0.05) is 27.7 Å². The molecule has 2 heterocycles. The molecule has 4 nitrogen and oxygen atoms in total. The Morgan fingerprint density at radius 1 is 1.19 bits per heavy atom. The van der Waals surface area contributed by atoms with Gasteiger partial charge in [0, 0.05) is 11.8 Å². The summed E-state index contributed by atoms with van der Waals surface area (Å²) in [6.07, 6.45) is 1.98. The predicted molar refractivity (Wildman–Crippen MR) is 63.5 cm³/mol. The summed E-state index contributed by atoms with van der Waals surface area (Å²) in [5.74, 6) is 0.948. The van der Waals surface area contributed by atoms with Gasteiger partial charge in [0.05, 0.1) is 5.69 Å². The topological polar surface area (TPSA) is 43.1 Å². The van der Waals surface area contributed by atoms with E-state index in [0.29, 0.717) is 0 Å². The highest BCUT2D eigenvalue weighted by Crippen LogP contribution is 2.20. The van der Waals surface area contributed by atoms with Gasteiger partial charge in [0.15, 0.2) is 11.5 Å². The van der Waals surface area contributed by atoms with Crippen molar-refractivity contribution in [1.29, 1.82) is 0 Å². The second kappa shape index (κ2) is 3.85. The fraction of sp³-hybridized carbons (Fsp3) is 0.583. The molecule has 0 aliphatic heterocycles. The molecule has 0 fully saturated rings. The summed E-state index contributed by atoms with van der Waals surface area (Å²) in [5.41, 5.74) is 1.95. The Labute approximate surface area is 95.7 Å². The fourth-order valence-electron chi connectivity index (χ4n) is 1.61. The van der Waals surface area contributed by atoms with Crippen LogP contribution in [-0.4, -0.2) is 19.8 Å². The molecule has 0 bridgehead atoms. The molecule has 2 rings (SSSR count). The van der Waals surface area contributed by atoms with Gasteiger partial charge in [0.25, 0.3) is 0 Å². The van der Waals surface area contributed by atoms with Crippen molar-refractivity contribution in [3.8, 4) is 0 Å². The lowest BCUT2D eigenvalue weighted by atomic mass is 9.92. The molecular formula is C12H18N4. The Morgan fingerprint density at radius 2 is 1.94 bits per heavy atom. The van der Waals surface area contributed by atoms with Crippen molar-refractivity contribution < 1.29 is 0 Å². The summed E-state index contributed by atoms with van der Waals surface area (Å²) in [7, 11) is 0. The van der Waals surface area contributed by atoms with E-state index in [2.05, 4.69) is 43.0 Å². The molecule has 0 aliphatic rings. The van der Waals surface area contributed by atoms with Crippen LogP contribution in [0, 0.1) is 0 Å². The minimum atomic E-state index is 0.0575. The number of aromatic nitrogens is 4. The second-order valence-corrected chi connectivity index (χ2v) is 5.10. The van der Waals surface area contributed by atoms with Crippen LogP contribution in [0.2, 0.25) is 0 Å². The van der Waals surface area contributed by atoms with E-state index in [1.165, 1.54) is 0 Å². The average Bonchev–Trinajstić information content (AvgIpc) is 2.60. The van der Waals surface area contributed by atoms with Crippen LogP contribution in [0.15, 0.2) is 12.1 Å². The van der Waals surface area contributed by atoms with Crippen LogP contribution in [0.25, 0.3) is 5.65 Å². The third-order valence-electron chi connectivity index (χ3n) is 2.57. The molecule has 0 saturated heterocycles. The molecule has 0 aliphatic carbocycles. The van der Waals surface area contributed by atoms with Crippen LogP contribution in [0.1, 0.15) is 45.6 Å². The first-order valence-electron chi connectivity index (χ1n) is 5.74. The largest absolute Gasteiger partial charge is 0.197 e. The highest BCUT2D eigenvalue weighted by Gasteiger charge is 2.17. The molecule has 0 N–H and O–H groups in total. The van der Waals surface area contributed by atoms with Gasteiger partial charge in [-0.15, -0.1) is 10.2 Å². The van der Waals surface area contributed by atoms with Gasteiger partial charge in [-0.2, -0.15) is 9.61 Å². The first-order valence-corrected chi connectivity index (χ1v) is 5.74. The first kappa shape index (κ1) is 11.0. The van der Waals surface area contributed by atoms with Crippen molar-refractivity contribution in [2.45, 2.75) is 46.0 Å². The normalized spacial score (nSPS) is 12.2. The minimum Gasteiger partial charge on any atom is -0.197 e. The number of aryl methyl sites for hydroxylation is 1. The Morgan fingerprint density at radius 3 is 2.56 bits per heavy atom. The molecule has 0 unspecified atom stereocenters. The second-order valence-electron chi connectivity index (χ2n) is 5.10. The zero-order chi connectivity index (χ0) is 11.8. The predicted octanol–water partition coefficient (Wildman–Crippen LogP) is 2.37. The summed E-state index contributed by atoms with van der Waals surface area (Å²) in [6.45, 7) is 8.61. The van der Waals surface area contributed by atoms with Crippen molar-refractivity contribution >= 4 is 5.65 Å². The molecule has 0 spiro atoms. The molecule has 0 amide bonds. The van der Waals surface area contributed by atoms with E-state index < -0.39 is 0 Å². The molecule has 0 radical (unpaired) electrons. The lowest BCUT2D eigenvalue weighted by Gasteiger charge is -2.17. The van der Waals surface area contributed by atoms with Gasteiger partial charge in [-0.25, -0.2) is 0 Å². The summed E-state index contributed by atoms with van der Waals surface area (Å²) in [4.78, 5) is 0. The molecule has 0 aromatic carbocycles. The quantitative estimate of drug-likeness (QED) is 0.777. The summed E-state index contributed by atoms with van der Waals surface area (Å²) in [6, 6.07) is 4.01. The zero-order valence-electron chi connectivity index (χ0n) is 10.4. The average molecular weight is 218 g/mol. The van der Waals surface area contributed by atoms with Crippen LogP contribution < -0.4 is 0 Å². The Bertz CT molecular complexity index is 493. The maximum Gasteiger partial charge on any atom is 0.177 e. The van der Waals surface area contributed by atoms with Crippen LogP contribution in [0.4, 0.5) is 0 Å².